The SMILES string of the molecule is CCN=c1scc(-c2ccc3c(c2)NC(=O)CO3)n1N=C(C)c1cc(OC)ccc1OC. The summed E-state index contributed by atoms with van der Waals surface area (Å²) in [6, 6.07) is 11.3. The molecule has 9 heteroatoms. The average molecular weight is 453 g/mol. The van der Waals surface area contributed by atoms with E-state index in [1.807, 2.05) is 60.3 Å². The minimum atomic E-state index is -0.173. The first-order valence-corrected chi connectivity index (χ1v) is 11.0. The molecule has 4 rings (SSSR count). The second-order valence-electron chi connectivity index (χ2n) is 6.99. The first-order valence-electron chi connectivity index (χ1n) is 10.1. The molecule has 0 unspecified atom stereocenters. The number of nitrogens with zero attached hydrogens (tertiary/aromatic N) is 3. The molecule has 1 amide bonds. The largest absolute Gasteiger partial charge is 0.497 e. The number of aromatic nitrogens is 1. The fraction of sp³-hybridized carbons (Fsp3) is 0.261. The predicted octanol–water partition coefficient (Wildman–Crippen LogP) is 3.76. The molecular weight excluding hydrogens is 428 g/mol. The number of rotatable bonds is 6. The van der Waals surface area contributed by atoms with E-state index in [0.29, 0.717) is 23.7 Å². The molecule has 0 fully saturated rings. The fourth-order valence-electron chi connectivity index (χ4n) is 3.38. The maximum absolute atomic E-state index is 11.7. The Morgan fingerprint density at radius 2 is 2.06 bits per heavy atom. The molecule has 0 bridgehead atoms. The number of carbonyl (C=O) groups is 1. The highest BCUT2D eigenvalue weighted by Gasteiger charge is 2.18. The van der Waals surface area contributed by atoms with E-state index >= 15 is 0 Å². The van der Waals surface area contributed by atoms with Crippen LogP contribution in [-0.4, -0.2) is 43.7 Å². The molecule has 32 heavy (non-hydrogen) atoms. The Morgan fingerprint density at radius 3 is 2.81 bits per heavy atom. The summed E-state index contributed by atoms with van der Waals surface area (Å²) in [6.07, 6.45) is 0. The van der Waals surface area contributed by atoms with Crippen molar-refractivity contribution in [3.8, 4) is 28.5 Å². The Kier molecular flexibility index (Phi) is 6.27. The van der Waals surface area contributed by atoms with E-state index in [4.69, 9.17) is 19.3 Å². The number of thiazole rings is 1. The molecule has 0 aliphatic carbocycles. The van der Waals surface area contributed by atoms with Crippen LogP contribution in [-0.2, 0) is 4.79 Å². The standard InChI is InChI=1S/C23H24N4O4S/c1-5-24-23-27(26-14(2)17-11-16(29-3)7-9-20(17)30-4)19(13-32-23)15-6-8-21-18(10-15)25-22(28)12-31-21/h6-11,13H,5,12H2,1-4H3,(H,25,28). The van der Waals surface area contributed by atoms with Crippen LogP contribution in [0.2, 0.25) is 0 Å². The van der Waals surface area contributed by atoms with Gasteiger partial charge in [0.2, 0.25) is 4.80 Å². The number of benzene rings is 2. The van der Waals surface area contributed by atoms with Crippen LogP contribution in [0.3, 0.4) is 0 Å². The van der Waals surface area contributed by atoms with Gasteiger partial charge in [-0.3, -0.25) is 9.79 Å². The van der Waals surface area contributed by atoms with Crippen molar-refractivity contribution in [1.82, 2.24) is 4.68 Å². The van der Waals surface area contributed by atoms with Gasteiger partial charge in [0.15, 0.2) is 6.61 Å². The number of amides is 1. The number of carbonyl (C=O) groups excluding carboxylic acids is 1. The number of fused-ring (bicyclic) bond motifs is 1. The minimum absolute atomic E-state index is 0.0240. The van der Waals surface area contributed by atoms with Crippen molar-refractivity contribution in [2.75, 3.05) is 32.7 Å². The normalized spacial score (nSPS) is 13.9. The zero-order chi connectivity index (χ0) is 22.7. The van der Waals surface area contributed by atoms with Crippen molar-refractivity contribution >= 4 is 28.6 Å². The Hall–Kier alpha value is -3.59. The predicted molar refractivity (Wildman–Crippen MR) is 125 cm³/mol. The molecule has 1 aliphatic heterocycles. The van der Waals surface area contributed by atoms with Crippen molar-refractivity contribution in [1.29, 1.82) is 0 Å². The molecule has 3 aromatic rings. The Labute approximate surface area is 189 Å². The van der Waals surface area contributed by atoms with Gasteiger partial charge in [0.05, 0.1) is 31.3 Å². The van der Waals surface area contributed by atoms with E-state index in [1.165, 1.54) is 11.3 Å². The van der Waals surface area contributed by atoms with Gasteiger partial charge < -0.3 is 19.5 Å². The highest BCUT2D eigenvalue weighted by Crippen LogP contribution is 2.33. The molecule has 2 aromatic carbocycles. The lowest BCUT2D eigenvalue weighted by molar-refractivity contribution is -0.118. The third-order valence-corrected chi connectivity index (χ3v) is 5.79. The van der Waals surface area contributed by atoms with Crippen LogP contribution in [0.25, 0.3) is 11.3 Å². The first kappa shape index (κ1) is 21.6. The summed E-state index contributed by atoms with van der Waals surface area (Å²) in [5, 5.41) is 9.75. The highest BCUT2D eigenvalue weighted by molar-refractivity contribution is 7.07. The van der Waals surface area contributed by atoms with Gasteiger partial charge in [0.25, 0.3) is 5.91 Å². The topological polar surface area (TPSA) is 86.4 Å². The molecule has 1 aromatic heterocycles. The minimum Gasteiger partial charge on any atom is -0.497 e. The molecule has 2 heterocycles. The summed E-state index contributed by atoms with van der Waals surface area (Å²) in [5.41, 5.74) is 3.95. The van der Waals surface area contributed by atoms with E-state index in [0.717, 1.165) is 33.1 Å². The lowest BCUT2D eigenvalue weighted by Crippen LogP contribution is -2.25. The molecule has 1 aliphatic rings. The number of hydrogen-bond donors (Lipinski definition) is 1. The molecule has 8 nitrogen and oxygen atoms in total. The quantitative estimate of drug-likeness (QED) is 0.577. The van der Waals surface area contributed by atoms with Crippen LogP contribution in [0.4, 0.5) is 5.69 Å². The summed E-state index contributed by atoms with van der Waals surface area (Å²) in [4.78, 5) is 17.1. The molecule has 1 N–H and O–H groups in total. The van der Waals surface area contributed by atoms with Crippen molar-refractivity contribution in [3.05, 3.63) is 52.1 Å². The van der Waals surface area contributed by atoms with Gasteiger partial charge in [0.1, 0.15) is 17.2 Å². The molecular formula is C23H24N4O4S. The fourth-order valence-corrected chi connectivity index (χ4v) is 4.28. The average Bonchev–Trinajstić information content (AvgIpc) is 3.20. The zero-order valence-electron chi connectivity index (χ0n) is 18.3. The van der Waals surface area contributed by atoms with Crippen molar-refractivity contribution < 1.29 is 19.0 Å². The second-order valence-corrected chi connectivity index (χ2v) is 7.83. The Balaban J connectivity index is 1.84. The first-order chi connectivity index (χ1) is 15.5. The highest BCUT2D eigenvalue weighted by atomic mass is 32.1. The summed E-state index contributed by atoms with van der Waals surface area (Å²) in [7, 11) is 3.25. The Morgan fingerprint density at radius 1 is 1.22 bits per heavy atom. The van der Waals surface area contributed by atoms with Crippen molar-refractivity contribution in [2.24, 2.45) is 10.1 Å². The van der Waals surface area contributed by atoms with Crippen LogP contribution in [0.5, 0.6) is 17.2 Å². The maximum atomic E-state index is 11.7. The summed E-state index contributed by atoms with van der Waals surface area (Å²) in [5.74, 6) is 1.89. The van der Waals surface area contributed by atoms with Crippen LogP contribution in [0.15, 0.2) is 51.9 Å². The zero-order valence-corrected chi connectivity index (χ0v) is 19.2. The van der Waals surface area contributed by atoms with Gasteiger partial charge in [0, 0.05) is 23.1 Å². The van der Waals surface area contributed by atoms with Crippen LogP contribution in [0.1, 0.15) is 19.4 Å². The van der Waals surface area contributed by atoms with Crippen molar-refractivity contribution in [3.63, 3.8) is 0 Å². The van der Waals surface area contributed by atoms with E-state index in [9.17, 15) is 4.79 Å². The maximum Gasteiger partial charge on any atom is 0.262 e. The molecule has 0 saturated carbocycles. The van der Waals surface area contributed by atoms with Gasteiger partial charge in [-0.05, 0) is 50.2 Å². The number of methoxy groups -OCH3 is 2. The molecule has 0 radical (unpaired) electrons. The van der Waals surface area contributed by atoms with Gasteiger partial charge in [-0.15, -0.1) is 11.3 Å². The summed E-state index contributed by atoms with van der Waals surface area (Å²) >= 11 is 1.50. The number of anilines is 1. The lowest BCUT2D eigenvalue weighted by Gasteiger charge is -2.18. The van der Waals surface area contributed by atoms with Crippen LogP contribution >= 0.6 is 11.3 Å². The smallest absolute Gasteiger partial charge is 0.262 e. The summed E-state index contributed by atoms with van der Waals surface area (Å²) in [6.45, 7) is 4.56. The lowest BCUT2D eigenvalue weighted by atomic mass is 10.1. The molecule has 0 saturated heterocycles. The third kappa shape index (κ3) is 4.24. The second kappa shape index (κ2) is 9.27. The van der Waals surface area contributed by atoms with E-state index in [-0.39, 0.29) is 12.5 Å². The van der Waals surface area contributed by atoms with Gasteiger partial charge in [-0.1, -0.05) is 0 Å². The van der Waals surface area contributed by atoms with Gasteiger partial charge in [-0.25, -0.2) is 4.68 Å². The number of hydrogen-bond acceptors (Lipinski definition) is 7. The van der Waals surface area contributed by atoms with E-state index < -0.39 is 0 Å². The molecule has 0 spiro atoms. The molecule has 166 valence electrons. The monoisotopic (exact) mass is 452 g/mol. The number of nitrogens with one attached hydrogen (secondary N) is 1. The number of ether oxygens (including phenoxy) is 3. The third-order valence-electron chi connectivity index (χ3n) is 4.93. The van der Waals surface area contributed by atoms with Gasteiger partial charge >= 0.3 is 0 Å². The van der Waals surface area contributed by atoms with Crippen molar-refractivity contribution in [2.45, 2.75) is 13.8 Å². The van der Waals surface area contributed by atoms with E-state index in [1.54, 1.807) is 14.2 Å². The van der Waals surface area contributed by atoms with Gasteiger partial charge in [-0.2, -0.15) is 5.10 Å². The molecule has 0 atom stereocenters. The Bertz CT molecular complexity index is 1260. The summed E-state index contributed by atoms with van der Waals surface area (Å²) < 4.78 is 18.2. The van der Waals surface area contributed by atoms with Crippen LogP contribution < -0.4 is 24.3 Å². The van der Waals surface area contributed by atoms with E-state index in [2.05, 4.69) is 10.3 Å². The van der Waals surface area contributed by atoms with Crippen LogP contribution in [0, 0.1) is 0 Å².